The van der Waals surface area contributed by atoms with E-state index in [9.17, 15) is 0 Å². The summed E-state index contributed by atoms with van der Waals surface area (Å²) < 4.78 is 0. The normalized spacial score (nSPS) is 10.9. The Morgan fingerprint density at radius 3 is 2.71 bits per heavy atom. The number of unbranched alkanes of at least 4 members (excludes halogenated alkanes) is 1. The number of aromatic nitrogens is 3. The van der Waals surface area contributed by atoms with Crippen molar-refractivity contribution in [3.8, 4) is 0 Å². The van der Waals surface area contributed by atoms with Crippen LogP contribution in [0, 0.1) is 0 Å². The third-order valence-electron chi connectivity index (χ3n) is 2.51. The van der Waals surface area contributed by atoms with E-state index >= 15 is 0 Å². The van der Waals surface area contributed by atoms with Gasteiger partial charge in [-0.25, -0.2) is 9.97 Å². The molecule has 4 N–H and O–H groups in total. The molecule has 0 radical (unpaired) electrons. The number of nitrogen functional groups attached to an aromatic ring is 2. The van der Waals surface area contributed by atoms with Gasteiger partial charge in [-0.1, -0.05) is 24.9 Å². The first-order chi connectivity index (χ1) is 8.11. The first kappa shape index (κ1) is 11.9. The SMILES string of the molecule is CCCCc1nc2c(N)nc(N)nc2cc1Cl. The molecule has 2 rings (SSSR count). The lowest BCUT2D eigenvalue weighted by atomic mass is 10.2. The van der Waals surface area contributed by atoms with Crippen LogP contribution in [-0.2, 0) is 6.42 Å². The molecule has 2 heterocycles. The first-order valence-electron chi connectivity index (χ1n) is 5.50. The van der Waals surface area contributed by atoms with Gasteiger partial charge in [-0.05, 0) is 18.9 Å². The van der Waals surface area contributed by atoms with Crippen molar-refractivity contribution in [3.05, 3.63) is 16.8 Å². The molecule has 0 saturated heterocycles. The number of rotatable bonds is 3. The highest BCUT2D eigenvalue weighted by Crippen LogP contribution is 2.24. The van der Waals surface area contributed by atoms with Crippen LogP contribution in [0.1, 0.15) is 25.5 Å². The zero-order valence-electron chi connectivity index (χ0n) is 9.57. The van der Waals surface area contributed by atoms with Crippen molar-refractivity contribution in [2.45, 2.75) is 26.2 Å². The number of nitrogens with two attached hydrogens (primary N) is 2. The number of pyridine rings is 1. The van der Waals surface area contributed by atoms with Crippen molar-refractivity contribution >= 4 is 34.4 Å². The summed E-state index contributed by atoms with van der Waals surface area (Å²) in [4.78, 5) is 12.4. The number of halogens is 1. The number of hydrogen-bond donors (Lipinski definition) is 2. The molecule has 0 aliphatic carbocycles. The smallest absolute Gasteiger partial charge is 0.222 e. The molecule has 90 valence electrons. The second-order valence-electron chi connectivity index (χ2n) is 3.86. The van der Waals surface area contributed by atoms with Crippen molar-refractivity contribution in [1.82, 2.24) is 15.0 Å². The van der Waals surface area contributed by atoms with Gasteiger partial charge in [-0.15, -0.1) is 0 Å². The van der Waals surface area contributed by atoms with Gasteiger partial charge in [0, 0.05) is 0 Å². The second-order valence-corrected chi connectivity index (χ2v) is 4.26. The van der Waals surface area contributed by atoms with Crippen LogP contribution in [-0.4, -0.2) is 15.0 Å². The minimum Gasteiger partial charge on any atom is -0.382 e. The lowest BCUT2D eigenvalue weighted by Crippen LogP contribution is -2.03. The van der Waals surface area contributed by atoms with Gasteiger partial charge in [0.1, 0.15) is 5.52 Å². The molecule has 0 atom stereocenters. The zero-order valence-corrected chi connectivity index (χ0v) is 10.3. The first-order valence-corrected chi connectivity index (χ1v) is 5.87. The number of anilines is 2. The summed E-state index contributed by atoms with van der Waals surface area (Å²) in [6.07, 6.45) is 2.95. The van der Waals surface area contributed by atoms with Crippen LogP contribution < -0.4 is 11.5 Å². The summed E-state index contributed by atoms with van der Waals surface area (Å²) in [6.45, 7) is 2.12. The Bertz CT molecular complexity index is 555. The third-order valence-corrected chi connectivity index (χ3v) is 2.84. The minimum absolute atomic E-state index is 0.133. The minimum atomic E-state index is 0.133. The molecular formula is C11H14ClN5. The lowest BCUT2D eigenvalue weighted by Gasteiger charge is -2.06. The predicted octanol–water partition coefficient (Wildman–Crippen LogP) is 2.19. The van der Waals surface area contributed by atoms with Gasteiger partial charge in [0.25, 0.3) is 0 Å². The molecule has 0 fully saturated rings. The van der Waals surface area contributed by atoms with Crippen LogP contribution in [0.15, 0.2) is 6.07 Å². The molecule has 0 spiro atoms. The summed E-state index contributed by atoms with van der Waals surface area (Å²) in [5.74, 6) is 0.427. The Kier molecular flexibility index (Phi) is 3.28. The highest BCUT2D eigenvalue weighted by molar-refractivity contribution is 6.31. The molecule has 6 heteroatoms. The topological polar surface area (TPSA) is 90.7 Å². The largest absolute Gasteiger partial charge is 0.382 e. The molecular weight excluding hydrogens is 238 g/mol. The third kappa shape index (κ3) is 2.39. The van der Waals surface area contributed by atoms with Gasteiger partial charge >= 0.3 is 0 Å². The van der Waals surface area contributed by atoms with E-state index in [1.807, 2.05) is 0 Å². The predicted molar refractivity (Wildman–Crippen MR) is 69.8 cm³/mol. The van der Waals surface area contributed by atoms with E-state index < -0.39 is 0 Å². The molecule has 0 amide bonds. The number of fused-ring (bicyclic) bond motifs is 1. The molecule has 0 aliphatic rings. The average Bonchev–Trinajstić information content (AvgIpc) is 2.26. The quantitative estimate of drug-likeness (QED) is 0.873. The summed E-state index contributed by atoms with van der Waals surface area (Å²) >= 11 is 6.14. The molecule has 5 nitrogen and oxygen atoms in total. The Balaban J connectivity index is 2.55. The maximum Gasteiger partial charge on any atom is 0.222 e. The number of hydrogen-bond acceptors (Lipinski definition) is 5. The maximum atomic E-state index is 6.14. The summed E-state index contributed by atoms with van der Waals surface area (Å²) in [5.41, 5.74) is 13.3. The molecule has 17 heavy (non-hydrogen) atoms. The Morgan fingerprint density at radius 1 is 1.24 bits per heavy atom. The monoisotopic (exact) mass is 251 g/mol. The van der Waals surface area contributed by atoms with Gasteiger partial charge in [0.15, 0.2) is 5.82 Å². The van der Waals surface area contributed by atoms with Crippen LogP contribution in [0.3, 0.4) is 0 Å². The average molecular weight is 252 g/mol. The fourth-order valence-electron chi connectivity index (χ4n) is 1.64. The Labute approximate surface area is 104 Å². The van der Waals surface area contributed by atoms with Crippen molar-refractivity contribution in [2.75, 3.05) is 11.5 Å². The van der Waals surface area contributed by atoms with E-state index in [-0.39, 0.29) is 5.95 Å². The Morgan fingerprint density at radius 2 is 2.00 bits per heavy atom. The molecule has 0 bridgehead atoms. The summed E-state index contributed by atoms with van der Waals surface area (Å²) in [6, 6.07) is 1.74. The van der Waals surface area contributed by atoms with Gasteiger partial charge < -0.3 is 11.5 Å². The summed E-state index contributed by atoms with van der Waals surface area (Å²) in [5, 5.41) is 0.600. The fourth-order valence-corrected chi connectivity index (χ4v) is 1.88. The standard InChI is InChI=1S/C11H14ClN5/c1-2-3-4-7-6(12)5-8-9(15-7)10(13)17-11(14)16-8/h5H,2-4H2,1H3,(H4,13,14,16,17). The van der Waals surface area contributed by atoms with Gasteiger partial charge in [0.2, 0.25) is 5.95 Å². The van der Waals surface area contributed by atoms with E-state index in [2.05, 4.69) is 21.9 Å². The van der Waals surface area contributed by atoms with Crippen molar-refractivity contribution in [2.24, 2.45) is 0 Å². The van der Waals surface area contributed by atoms with E-state index in [0.717, 1.165) is 25.0 Å². The molecule has 0 aromatic carbocycles. The van der Waals surface area contributed by atoms with Gasteiger partial charge in [-0.3, -0.25) is 0 Å². The van der Waals surface area contributed by atoms with Crippen molar-refractivity contribution in [1.29, 1.82) is 0 Å². The maximum absolute atomic E-state index is 6.14. The fraction of sp³-hybridized carbons (Fsp3) is 0.364. The van der Waals surface area contributed by atoms with E-state index in [4.69, 9.17) is 23.1 Å². The van der Waals surface area contributed by atoms with E-state index in [0.29, 0.717) is 21.9 Å². The van der Waals surface area contributed by atoms with E-state index in [1.54, 1.807) is 6.07 Å². The summed E-state index contributed by atoms with van der Waals surface area (Å²) in [7, 11) is 0. The second kappa shape index (κ2) is 4.71. The van der Waals surface area contributed by atoms with Crippen molar-refractivity contribution < 1.29 is 0 Å². The van der Waals surface area contributed by atoms with E-state index in [1.165, 1.54) is 0 Å². The lowest BCUT2D eigenvalue weighted by molar-refractivity contribution is 0.780. The molecule has 2 aromatic heterocycles. The number of nitrogens with zero attached hydrogens (tertiary/aromatic N) is 3. The number of aryl methyl sites for hydroxylation is 1. The highest BCUT2D eigenvalue weighted by atomic mass is 35.5. The van der Waals surface area contributed by atoms with Gasteiger partial charge in [0.05, 0.1) is 16.2 Å². The van der Waals surface area contributed by atoms with Crippen LogP contribution >= 0.6 is 11.6 Å². The zero-order chi connectivity index (χ0) is 12.4. The molecule has 0 unspecified atom stereocenters. The van der Waals surface area contributed by atoms with Crippen LogP contribution in [0.4, 0.5) is 11.8 Å². The highest BCUT2D eigenvalue weighted by Gasteiger charge is 2.09. The molecule has 0 aliphatic heterocycles. The van der Waals surface area contributed by atoms with Crippen LogP contribution in [0.25, 0.3) is 11.0 Å². The molecule has 2 aromatic rings. The molecule has 0 saturated carbocycles. The van der Waals surface area contributed by atoms with Crippen LogP contribution in [0.5, 0.6) is 0 Å². The van der Waals surface area contributed by atoms with Crippen molar-refractivity contribution in [3.63, 3.8) is 0 Å². The Hall–Kier alpha value is -1.62. The van der Waals surface area contributed by atoms with Crippen LogP contribution in [0.2, 0.25) is 5.02 Å². The van der Waals surface area contributed by atoms with Gasteiger partial charge in [-0.2, -0.15) is 4.98 Å².